The lowest BCUT2D eigenvalue weighted by Gasteiger charge is -2.10. The smallest absolute Gasteiger partial charge is 0.191 e. The summed E-state index contributed by atoms with van der Waals surface area (Å²) in [6.45, 7) is 6.23. The summed E-state index contributed by atoms with van der Waals surface area (Å²) >= 11 is 3.40. The van der Waals surface area contributed by atoms with Crippen molar-refractivity contribution >= 4 is 21.9 Å². The Balaban J connectivity index is 2.70. The summed E-state index contributed by atoms with van der Waals surface area (Å²) in [5.74, 6) is 0.519. The Labute approximate surface area is 116 Å². The highest BCUT2D eigenvalue weighted by molar-refractivity contribution is 9.10. The molecule has 0 fully saturated rings. The molecule has 0 saturated carbocycles. The summed E-state index contributed by atoms with van der Waals surface area (Å²) in [5, 5.41) is 6.36. The Morgan fingerprint density at radius 3 is 2.78 bits per heavy atom. The van der Waals surface area contributed by atoms with E-state index in [1.807, 2.05) is 6.92 Å². The van der Waals surface area contributed by atoms with E-state index in [0.29, 0.717) is 6.54 Å². The first-order valence-electron chi connectivity index (χ1n) is 6.13. The summed E-state index contributed by atoms with van der Waals surface area (Å²) in [6, 6.07) is 4.63. The molecule has 0 unspecified atom stereocenters. The van der Waals surface area contributed by atoms with E-state index in [9.17, 15) is 4.39 Å². The van der Waals surface area contributed by atoms with E-state index in [0.717, 1.165) is 35.5 Å². The minimum absolute atomic E-state index is 0.241. The van der Waals surface area contributed by atoms with Crippen LogP contribution in [0.25, 0.3) is 0 Å². The molecule has 0 radical (unpaired) electrons. The number of guanidine groups is 1. The number of aliphatic imine (C=N–C) groups is 1. The summed E-state index contributed by atoms with van der Waals surface area (Å²) in [7, 11) is 0. The number of hydrogen-bond acceptors (Lipinski definition) is 1. The Hall–Kier alpha value is -1.10. The van der Waals surface area contributed by atoms with Crippen LogP contribution >= 0.6 is 15.9 Å². The van der Waals surface area contributed by atoms with Gasteiger partial charge in [0.15, 0.2) is 5.96 Å². The lowest BCUT2D eigenvalue weighted by molar-refractivity contribution is 0.625. The van der Waals surface area contributed by atoms with E-state index in [2.05, 4.69) is 38.5 Å². The fraction of sp³-hybridized carbons (Fsp3) is 0.462. The second-order valence-electron chi connectivity index (χ2n) is 3.86. The monoisotopic (exact) mass is 315 g/mol. The SMILES string of the molecule is CCCNC(=NCc1cc(F)ccc1Br)NCC. The molecular formula is C13H19BrFN3. The second kappa shape index (κ2) is 8.08. The van der Waals surface area contributed by atoms with Crippen LogP contribution < -0.4 is 10.6 Å². The van der Waals surface area contributed by atoms with Crippen molar-refractivity contribution in [3.05, 3.63) is 34.1 Å². The average Bonchev–Trinajstić information content (AvgIpc) is 2.36. The molecule has 0 saturated heterocycles. The predicted molar refractivity (Wildman–Crippen MR) is 77.2 cm³/mol. The third kappa shape index (κ3) is 5.04. The van der Waals surface area contributed by atoms with Gasteiger partial charge in [0.25, 0.3) is 0 Å². The molecule has 1 aromatic carbocycles. The molecule has 0 heterocycles. The largest absolute Gasteiger partial charge is 0.357 e. The molecule has 2 N–H and O–H groups in total. The van der Waals surface area contributed by atoms with Gasteiger partial charge in [-0.2, -0.15) is 0 Å². The van der Waals surface area contributed by atoms with Crippen LogP contribution in [0.15, 0.2) is 27.7 Å². The molecule has 0 amide bonds. The van der Waals surface area contributed by atoms with Gasteiger partial charge in [-0.1, -0.05) is 22.9 Å². The van der Waals surface area contributed by atoms with Crippen molar-refractivity contribution < 1.29 is 4.39 Å². The van der Waals surface area contributed by atoms with Gasteiger partial charge in [0.05, 0.1) is 6.54 Å². The molecule has 0 aliphatic rings. The Morgan fingerprint density at radius 1 is 1.33 bits per heavy atom. The Morgan fingerprint density at radius 2 is 2.11 bits per heavy atom. The van der Waals surface area contributed by atoms with Crippen LogP contribution in [0.3, 0.4) is 0 Å². The van der Waals surface area contributed by atoms with E-state index in [1.165, 1.54) is 12.1 Å². The first-order valence-corrected chi connectivity index (χ1v) is 6.92. The highest BCUT2D eigenvalue weighted by atomic mass is 79.9. The zero-order valence-corrected chi connectivity index (χ0v) is 12.3. The van der Waals surface area contributed by atoms with Crippen molar-refractivity contribution in [2.24, 2.45) is 4.99 Å². The topological polar surface area (TPSA) is 36.4 Å². The number of hydrogen-bond donors (Lipinski definition) is 2. The predicted octanol–water partition coefficient (Wildman–Crippen LogP) is 3.05. The highest BCUT2D eigenvalue weighted by Gasteiger charge is 2.02. The van der Waals surface area contributed by atoms with Crippen LogP contribution in [0.1, 0.15) is 25.8 Å². The molecule has 0 atom stereocenters. The van der Waals surface area contributed by atoms with Crippen LogP contribution in [-0.2, 0) is 6.54 Å². The third-order valence-electron chi connectivity index (χ3n) is 2.30. The maximum absolute atomic E-state index is 13.1. The van der Waals surface area contributed by atoms with Crippen LogP contribution in [0.4, 0.5) is 4.39 Å². The lowest BCUT2D eigenvalue weighted by atomic mass is 10.2. The summed E-state index contributed by atoms with van der Waals surface area (Å²) in [4.78, 5) is 4.42. The minimum Gasteiger partial charge on any atom is -0.357 e. The van der Waals surface area contributed by atoms with Crippen molar-refractivity contribution in [3.8, 4) is 0 Å². The molecule has 100 valence electrons. The number of rotatable bonds is 5. The third-order valence-corrected chi connectivity index (χ3v) is 3.08. The molecule has 18 heavy (non-hydrogen) atoms. The number of nitrogens with zero attached hydrogens (tertiary/aromatic N) is 1. The summed E-state index contributed by atoms with van der Waals surface area (Å²) < 4.78 is 14.0. The minimum atomic E-state index is -0.241. The van der Waals surface area contributed by atoms with Crippen LogP contribution in [0.5, 0.6) is 0 Å². The molecule has 0 aliphatic heterocycles. The number of halogens is 2. The van der Waals surface area contributed by atoms with E-state index in [1.54, 1.807) is 6.07 Å². The molecule has 1 rings (SSSR count). The van der Waals surface area contributed by atoms with Crippen molar-refractivity contribution in [3.63, 3.8) is 0 Å². The van der Waals surface area contributed by atoms with E-state index in [4.69, 9.17) is 0 Å². The molecule has 1 aromatic rings. The van der Waals surface area contributed by atoms with Gasteiger partial charge in [-0.3, -0.25) is 0 Å². The van der Waals surface area contributed by atoms with Crippen molar-refractivity contribution in [1.29, 1.82) is 0 Å². The van der Waals surface area contributed by atoms with Gasteiger partial charge in [0, 0.05) is 17.6 Å². The zero-order valence-electron chi connectivity index (χ0n) is 10.8. The van der Waals surface area contributed by atoms with Crippen LogP contribution in [-0.4, -0.2) is 19.0 Å². The molecule has 0 aliphatic carbocycles. The lowest BCUT2D eigenvalue weighted by Crippen LogP contribution is -2.37. The Kier molecular flexibility index (Phi) is 6.72. The second-order valence-corrected chi connectivity index (χ2v) is 4.71. The van der Waals surface area contributed by atoms with Crippen molar-refractivity contribution in [1.82, 2.24) is 10.6 Å². The van der Waals surface area contributed by atoms with Gasteiger partial charge >= 0.3 is 0 Å². The zero-order chi connectivity index (χ0) is 13.4. The summed E-state index contributed by atoms with van der Waals surface area (Å²) in [6.07, 6.45) is 1.04. The standard InChI is InChI=1S/C13H19BrFN3/c1-3-7-17-13(16-4-2)18-9-10-8-11(15)5-6-12(10)14/h5-6,8H,3-4,7,9H2,1-2H3,(H2,16,17,18). The number of nitrogens with one attached hydrogen (secondary N) is 2. The van der Waals surface area contributed by atoms with Gasteiger partial charge in [-0.15, -0.1) is 0 Å². The van der Waals surface area contributed by atoms with E-state index >= 15 is 0 Å². The molecule has 0 aromatic heterocycles. The Bertz CT molecular complexity index is 407. The van der Waals surface area contributed by atoms with Crippen molar-refractivity contribution in [2.45, 2.75) is 26.8 Å². The van der Waals surface area contributed by atoms with Gasteiger partial charge in [-0.05, 0) is 37.1 Å². The fourth-order valence-electron chi connectivity index (χ4n) is 1.41. The van der Waals surface area contributed by atoms with Gasteiger partial charge < -0.3 is 10.6 Å². The molecule has 3 nitrogen and oxygen atoms in total. The highest BCUT2D eigenvalue weighted by Crippen LogP contribution is 2.18. The summed E-state index contributed by atoms with van der Waals surface area (Å²) in [5.41, 5.74) is 0.837. The maximum Gasteiger partial charge on any atom is 0.191 e. The normalized spacial score (nSPS) is 11.4. The van der Waals surface area contributed by atoms with Gasteiger partial charge in [-0.25, -0.2) is 9.38 Å². The van der Waals surface area contributed by atoms with Crippen LogP contribution in [0.2, 0.25) is 0 Å². The van der Waals surface area contributed by atoms with Crippen LogP contribution in [0, 0.1) is 5.82 Å². The number of benzene rings is 1. The first-order chi connectivity index (χ1) is 8.67. The molecule has 0 bridgehead atoms. The quantitative estimate of drug-likeness (QED) is 0.647. The van der Waals surface area contributed by atoms with Gasteiger partial charge in [0.2, 0.25) is 0 Å². The van der Waals surface area contributed by atoms with E-state index in [-0.39, 0.29) is 5.82 Å². The van der Waals surface area contributed by atoms with E-state index < -0.39 is 0 Å². The first kappa shape index (κ1) is 15.0. The maximum atomic E-state index is 13.1. The molecular weight excluding hydrogens is 297 g/mol. The molecule has 0 spiro atoms. The average molecular weight is 316 g/mol. The van der Waals surface area contributed by atoms with Gasteiger partial charge in [0.1, 0.15) is 5.82 Å². The van der Waals surface area contributed by atoms with Crippen molar-refractivity contribution in [2.75, 3.05) is 13.1 Å². The molecule has 5 heteroatoms. The fourth-order valence-corrected chi connectivity index (χ4v) is 1.79.